The maximum atomic E-state index is 12.6. The topological polar surface area (TPSA) is 20.1 Å². The Kier molecular flexibility index (Phi) is 4.10. The lowest BCUT2D eigenvalue weighted by molar-refractivity contribution is -0.420. The lowest BCUT2D eigenvalue weighted by atomic mass is 9.95. The van der Waals surface area contributed by atoms with Gasteiger partial charge in [0.05, 0.1) is 0 Å². The summed E-state index contributed by atoms with van der Waals surface area (Å²) in [5, 5.41) is 0. The van der Waals surface area contributed by atoms with Crippen LogP contribution in [0.25, 0.3) is 0 Å². The zero-order valence-electron chi connectivity index (χ0n) is 10.5. The largest absolute Gasteiger partial charge is 0.430 e. The molecule has 1 rings (SSSR count). The molecule has 1 saturated heterocycles. The van der Waals surface area contributed by atoms with Gasteiger partial charge in [0.1, 0.15) is 0 Å². The molecule has 148 valence electrons. The predicted molar refractivity (Wildman–Crippen MR) is 42.6 cm³/mol. The summed E-state index contributed by atoms with van der Waals surface area (Å²) in [6, 6.07) is 0. The SMILES string of the molecule is O=C1N(C(C(F)(F)F)(C(F)(F)F)C(F)(F)F)C1(C(F)(F)F)C(F)(F)F. The van der Waals surface area contributed by atoms with Gasteiger partial charge in [-0.2, -0.15) is 65.9 Å². The minimum absolute atomic E-state index is 3.31. The highest BCUT2D eigenvalue weighted by molar-refractivity contribution is 6.05. The lowest BCUT2D eigenvalue weighted by Crippen LogP contribution is -2.73. The molecule has 0 N–H and O–H groups in total. The summed E-state index contributed by atoms with van der Waals surface area (Å²) in [5.41, 5.74) is -14.3. The van der Waals surface area contributed by atoms with E-state index in [1.165, 1.54) is 0 Å². The average molecular weight is 411 g/mol. The van der Waals surface area contributed by atoms with Gasteiger partial charge in [-0.1, -0.05) is 0 Å². The molecule has 0 saturated carbocycles. The van der Waals surface area contributed by atoms with E-state index in [0.717, 1.165) is 0 Å². The zero-order chi connectivity index (χ0) is 20.7. The second-order valence-electron chi connectivity index (χ2n) is 4.55. The third-order valence-corrected chi connectivity index (χ3v) is 3.18. The van der Waals surface area contributed by atoms with E-state index in [1.54, 1.807) is 0 Å². The summed E-state index contributed by atoms with van der Waals surface area (Å²) in [6.07, 6.45) is -37.9. The van der Waals surface area contributed by atoms with Crippen LogP contribution in [0.4, 0.5) is 65.9 Å². The normalized spacial score (nSPS) is 20.1. The highest BCUT2D eigenvalue weighted by Gasteiger charge is 3.03. The Labute approximate surface area is 125 Å². The molecule has 0 spiro atoms. The molecule has 0 aromatic heterocycles. The molecule has 17 heteroatoms. The molecular weight excluding hydrogens is 411 g/mol. The van der Waals surface area contributed by atoms with Gasteiger partial charge in [0.15, 0.2) is 0 Å². The molecule has 1 fully saturated rings. The van der Waals surface area contributed by atoms with Gasteiger partial charge in [0.25, 0.3) is 5.91 Å². The van der Waals surface area contributed by atoms with Crippen molar-refractivity contribution in [1.29, 1.82) is 0 Å². The lowest BCUT2D eigenvalue weighted by Gasteiger charge is -2.41. The molecule has 0 atom stereocenters. The van der Waals surface area contributed by atoms with Crippen LogP contribution in [0.3, 0.4) is 0 Å². The fourth-order valence-corrected chi connectivity index (χ4v) is 2.15. The van der Waals surface area contributed by atoms with Crippen molar-refractivity contribution >= 4 is 5.91 Å². The number of hydrogen-bond donors (Lipinski definition) is 0. The second kappa shape index (κ2) is 4.77. The van der Waals surface area contributed by atoms with Crippen molar-refractivity contribution in [2.45, 2.75) is 42.0 Å². The standard InChI is InChI=1S/C8F15NO/c9-4(10,11)2(5(12,13)14)1(25)24(2)3(6(15,16)17,7(18,19)20)8(21,22)23. The summed E-state index contributed by atoms with van der Waals surface area (Å²) in [4.78, 5) is 7.50. The Bertz CT molecular complexity index is 506. The Hall–Kier alpha value is -1.58. The van der Waals surface area contributed by atoms with E-state index in [0.29, 0.717) is 0 Å². The number of nitrogens with zero attached hydrogens (tertiary/aromatic N) is 1. The van der Waals surface area contributed by atoms with Gasteiger partial charge in [-0.05, 0) is 0 Å². The zero-order valence-corrected chi connectivity index (χ0v) is 10.5. The number of alkyl halides is 15. The van der Waals surface area contributed by atoms with Crippen LogP contribution in [0, 0.1) is 0 Å². The first-order valence-corrected chi connectivity index (χ1v) is 5.21. The van der Waals surface area contributed by atoms with Crippen molar-refractivity contribution in [2.75, 3.05) is 0 Å². The van der Waals surface area contributed by atoms with Crippen LogP contribution in [0.15, 0.2) is 0 Å². The predicted octanol–water partition coefficient (Wildman–Crippen LogP) is 4.12. The van der Waals surface area contributed by atoms with Gasteiger partial charge in [0.2, 0.25) is 0 Å². The molecule has 25 heavy (non-hydrogen) atoms. The summed E-state index contributed by atoms with van der Waals surface area (Å²) in [6.45, 7) is 0. The Balaban J connectivity index is 3.98. The van der Waals surface area contributed by atoms with Gasteiger partial charge in [-0.15, -0.1) is 0 Å². The van der Waals surface area contributed by atoms with E-state index in [1.807, 2.05) is 0 Å². The third kappa shape index (κ3) is 2.32. The van der Waals surface area contributed by atoms with Gasteiger partial charge in [0, 0.05) is 0 Å². The Morgan fingerprint density at radius 3 is 0.920 bits per heavy atom. The molecule has 1 aliphatic heterocycles. The van der Waals surface area contributed by atoms with E-state index in [2.05, 4.69) is 0 Å². The minimum Gasteiger partial charge on any atom is -0.280 e. The quantitative estimate of drug-likeness (QED) is 0.470. The Morgan fingerprint density at radius 2 is 0.800 bits per heavy atom. The van der Waals surface area contributed by atoms with Crippen LogP contribution < -0.4 is 0 Å². The van der Waals surface area contributed by atoms with E-state index in [-0.39, 0.29) is 0 Å². The fraction of sp³-hybridized carbons (Fsp3) is 0.875. The summed E-state index contributed by atoms with van der Waals surface area (Å²) in [5.74, 6) is -4.08. The summed E-state index contributed by atoms with van der Waals surface area (Å²) >= 11 is 0. The van der Waals surface area contributed by atoms with Crippen molar-refractivity contribution in [3.05, 3.63) is 0 Å². The van der Waals surface area contributed by atoms with Gasteiger partial charge in [-0.25, -0.2) is 0 Å². The Morgan fingerprint density at radius 1 is 0.560 bits per heavy atom. The highest BCUT2D eigenvalue weighted by Crippen LogP contribution is 2.68. The van der Waals surface area contributed by atoms with E-state index in [9.17, 15) is 70.7 Å². The van der Waals surface area contributed by atoms with E-state index in [4.69, 9.17) is 0 Å². The molecule has 1 aliphatic rings. The van der Waals surface area contributed by atoms with Crippen LogP contribution in [0.1, 0.15) is 0 Å². The number of hydrogen-bond acceptors (Lipinski definition) is 1. The first-order valence-electron chi connectivity index (χ1n) is 5.21. The number of carbonyl (C=O) groups excluding carboxylic acids is 1. The van der Waals surface area contributed by atoms with E-state index < -0.39 is 52.8 Å². The second-order valence-corrected chi connectivity index (χ2v) is 4.55. The van der Waals surface area contributed by atoms with Crippen LogP contribution >= 0.6 is 0 Å². The van der Waals surface area contributed by atoms with Crippen LogP contribution in [0.5, 0.6) is 0 Å². The number of carbonyl (C=O) groups is 1. The van der Waals surface area contributed by atoms with Gasteiger partial charge >= 0.3 is 42.0 Å². The van der Waals surface area contributed by atoms with Gasteiger partial charge < -0.3 is 0 Å². The van der Waals surface area contributed by atoms with Crippen molar-refractivity contribution in [2.24, 2.45) is 0 Å². The first kappa shape index (κ1) is 21.5. The van der Waals surface area contributed by atoms with Crippen molar-refractivity contribution in [1.82, 2.24) is 4.90 Å². The van der Waals surface area contributed by atoms with Crippen LogP contribution in [0.2, 0.25) is 0 Å². The molecule has 1 heterocycles. The van der Waals surface area contributed by atoms with Crippen molar-refractivity contribution in [3.8, 4) is 0 Å². The highest BCUT2D eigenvalue weighted by atomic mass is 19.4. The van der Waals surface area contributed by atoms with Crippen molar-refractivity contribution < 1.29 is 70.7 Å². The number of amides is 1. The van der Waals surface area contributed by atoms with Crippen LogP contribution in [-0.2, 0) is 4.79 Å². The molecule has 0 radical (unpaired) electrons. The number of halogens is 15. The van der Waals surface area contributed by atoms with E-state index >= 15 is 0 Å². The molecule has 0 bridgehead atoms. The molecule has 1 amide bonds. The van der Waals surface area contributed by atoms with Gasteiger partial charge in [-0.3, -0.25) is 9.69 Å². The molecule has 0 unspecified atom stereocenters. The summed E-state index contributed by atoms with van der Waals surface area (Å²) < 4.78 is 188. The maximum Gasteiger partial charge on any atom is 0.430 e. The average Bonchev–Trinajstić information content (AvgIpc) is 2.77. The first-order chi connectivity index (χ1) is 10.5. The molecular formula is C8F15NO. The minimum atomic E-state index is -7.81. The summed E-state index contributed by atoms with van der Waals surface area (Å²) in [7, 11) is 0. The van der Waals surface area contributed by atoms with Crippen LogP contribution in [-0.4, -0.2) is 52.8 Å². The number of rotatable bonds is 1. The maximum absolute atomic E-state index is 12.6. The molecule has 0 aromatic rings. The molecule has 0 aromatic carbocycles. The third-order valence-electron chi connectivity index (χ3n) is 3.18. The molecule has 0 aliphatic carbocycles. The van der Waals surface area contributed by atoms with Crippen molar-refractivity contribution in [3.63, 3.8) is 0 Å². The smallest absolute Gasteiger partial charge is 0.280 e. The fourth-order valence-electron chi connectivity index (χ4n) is 2.15. The molecule has 2 nitrogen and oxygen atoms in total. The monoisotopic (exact) mass is 411 g/mol.